The predicted molar refractivity (Wildman–Crippen MR) is 47.3 cm³/mol. The van der Waals surface area contributed by atoms with Crippen LogP contribution in [0.15, 0.2) is 18.2 Å². The minimum absolute atomic E-state index is 0. The molecule has 1 aromatic carbocycles. The van der Waals surface area contributed by atoms with Crippen LogP contribution in [-0.4, -0.2) is 33.2 Å². The molecule has 7 heteroatoms. The van der Waals surface area contributed by atoms with E-state index < -0.39 is 34.6 Å². The Morgan fingerprint density at radius 2 is 1.19 bits per heavy atom. The smallest absolute Gasteiger partial charge is 0.337 e. The van der Waals surface area contributed by atoms with Crippen LogP contribution in [0.5, 0.6) is 0 Å². The molecule has 0 aliphatic carbocycles. The van der Waals surface area contributed by atoms with Gasteiger partial charge in [0.2, 0.25) is 0 Å². The van der Waals surface area contributed by atoms with Crippen molar-refractivity contribution in [2.75, 3.05) is 0 Å². The number of hydrogen-bond donors (Lipinski definition) is 3. The van der Waals surface area contributed by atoms with Gasteiger partial charge in [-0.3, -0.25) is 0 Å². The molecule has 0 saturated carbocycles. The summed E-state index contributed by atoms with van der Waals surface area (Å²) in [6.07, 6.45) is 0. The first-order valence-corrected chi connectivity index (χ1v) is 3.78. The summed E-state index contributed by atoms with van der Waals surface area (Å²) in [5.41, 5.74) is -1.79. The van der Waals surface area contributed by atoms with Gasteiger partial charge in [-0.2, -0.15) is 0 Å². The Labute approximate surface area is 110 Å². The summed E-state index contributed by atoms with van der Waals surface area (Å²) in [5, 5.41) is 26.0. The molecule has 0 unspecified atom stereocenters. The molecule has 80 valence electrons. The second-order valence-corrected chi connectivity index (χ2v) is 2.64. The van der Waals surface area contributed by atoms with Crippen molar-refractivity contribution in [3.63, 3.8) is 0 Å². The fraction of sp³-hybridized carbons (Fsp3) is 0. The molecule has 6 nitrogen and oxygen atoms in total. The molecule has 16 heavy (non-hydrogen) atoms. The van der Waals surface area contributed by atoms with E-state index in [-0.39, 0.29) is 27.3 Å². The van der Waals surface area contributed by atoms with Crippen molar-refractivity contribution in [2.45, 2.75) is 0 Å². The monoisotopic (exact) mass is 324 g/mol. The van der Waals surface area contributed by atoms with E-state index in [0.717, 1.165) is 12.1 Å². The Kier molecular flexibility index (Phi) is 5.08. The molecular weight excluding hydrogens is 317 g/mol. The zero-order valence-electron chi connectivity index (χ0n) is 8.01. The van der Waals surface area contributed by atoms with E-state index >= 15 is 0 Å². The van der Waals surface area contributed by atoms with Crippen LogP contribution < -0.4 is 0 Å². The molecule has 0 fully saturated rings. The van der Waals surface area contributed by atoms with Gasteiger partial charge < -0.3 is 15.3 Å². The van der Waals surface area contributed by atoms with E-state index in [0.29, 0.717) is 0 Å². The van der Waals surface area contributed by atoms with Crippen LogP contribution in [0.2, 0.25) is 0 Å². The Morgan fingerprint density at radius 1 is 0.812 bits per heavy atom. The van der Waals surface area contributed by atoms with Gasteiger partial charge >= 0.3 is 17.9 Å². The first-order valence-electron chi connectivity index (χ1n) is 3.78. The minimum atomic E-state index is -1.58. The second-order valence-electron chi connectivity index (χ2n) is 2.64. The maximum atomic E-state index is 10.7. The Morgan fingerprint density at radius 3 is 1.44 bits per heavy atom. The van der Waals surface area contributed by atoms with Crippen molar-refractivity contribution in [3.05, 3.63) is 34.9 Å². The molecule has 0 amide bonds. The van der Waals surface area contributed by atoms with Crippen molar-refractivity contribution in [2.24, 2.45) is 0 Å². The number of benzene rings is 1. The fourth-order valence-electron chi connectivity index (χ4n) is 1.14. The summed E-state index contributed by atoms with van der Waals surface area (Å²) in [6.45, 7) is 0. The van der Waals surface area contributed by atoms with Gasteiger partial charge in [0.05, 0.1) is 16.7 Å². The van der Waals surface area contributed by atoms with E-state index in [9.17, 15) is 14.4 Å². The van der Waals surface area contributed by atoms with Crippen molar-refractivity contribution < 1.29 is 57.0 Å². The van der Waals surface area contributed by atoms with Crippen LogP contribution in [0, 0.1) is 0 Å². The van der Waals surface area contributed by atoms with Crippen molar-refractivity contribution in [1.29, 1.82) is 0 Å². The molecule has 1 rings (SSSR count). The van der Waals surface area contributed by atoms with Gasteiger partial charge in [-0.15, -0.1) is 0 Å². The maximum Gasteiger partial charge on any atom is 0.337 e. The summed E-state index contributed by atoms with van der Waals surface area (Å²) in [7, 11) is 0. The maximum absolute atomic E-state index is 10.7. The van der Waals surface area contributed by atoms with Crippen molar-refractivity contribution >= 4 is 17.9 Å². The van der Waals surface area contributed by atoms with Crippen molar-refractivity contribution in [3.8, 4) is 0 Å². The fourth-order valence-corrected chi connectivity index (χ4v) is 1.14. The van der Waals surface area contributed by atoms with E-state index in [1.807, 2.05) is 0 Å². The second kappa shape index (κ2) is 5.59. The van der Waals surface area contributed by atoms with Gasteiger partial charge in [0.25, 0.3) is 0 Å². The molecule has 0 aliphatic heterocycles. The zero-order valence-corrected chi connectivity index (χ0v) is 12.0. The molecular formula is C9H6CdO6. The van der Waals surface area contributed by atoms with Crippen LogP contribution in [0.3, 0.4) is 0 Å². The summed E-state index contributed by atoms with van der Waals surface area (Å²) < 4.78 is 0. The molecule has 0 saturated heterocycles. The first kappa shape index (κ1) is 14.6. The molecule has 0 radical (unpaired) electrons. The van der Waals surface area contributed by atoms with E-state index in [1.165, 1.54) is 6.07 Å². The SMILES string of the molecule is O=C(O)c1cccc(C(=O)O)c1C(=O)O.[Cd]. The summed E-state index contributed by atoms with van der Waals surface area (Å²) >= 11 is 0. The topological polar surface area (TPSA) is 112 Å². The van der Waals surface area contributed by atoms with Crippen LogP contribution in [0.25, 0.3) is 0 Å². The number of carboxylic acids is 3. The van der Waals surface area contributed by atoms with E-state index in [1.54, 1.807) is 0 Å². The Bertz CT molecular complexity index is 421. The zero-order chi connectivity index (χ0) is 11.6. The van der Waals surface area contributed by atoms with Crippen LogP contribution in [0.1, 0.15) is 31.1 Å². The number of rotatable bonds is 3. The van der Waals surface area contributed by atoms with Crippen LogP contribution in [0.4, 0.5) is 0 Å². The Balaban J connectivity index is 0.00000225. The summed E-state index contributed by atoms with van der Waals surface area (Å²) in [6, 6.07) is 3.26. The van der Waals surface area contributed by atoms with Gasteiger partial charge in [-0.05, 0) is 12.1 Å². The Hall–Kier alpha value is -1.45. The predicted octanol–water partition coefficient (Wildman–Crippen LogP) is 0.779. The summed E-state index contributed by atoms with van der Waals surface area (Å²) in [4.78, 5) is 32.0. The van der Waals surface area contributed by atoms with Gasteiger partial charge in [0, 0.05) is 27.3 Å². The van der Waals surface area contributed by atoms with Gasteiger partial charge in [-0.25, -0.2) is 14.4 Å². The molecule has 1 aromatic rings. The molecule has 0 bridgehead atoms. The third kappa shape index (κ3) is 2.78. The third-order valence-electron chi connectivity index (χ3n) is 1.74. The molecule has 0 aromatic heterocycles. The number of carbonyl (C=O) groups is 3. The van der Waals surface area contributed by atoms with Crippen LogP contribution >= 0.6 is 0 Å². The molecule has 0 spiro atoms. The standard InChI is InChI=1S/C9H6O6.Cd/c10-7(11)4-2-1-3-5(8(12)13)6(4)9(14)15;/h1-3H,(H,10,11)(H,12,13)(H,14,15);. The number of aromatic carboxylic acids is 3. The van der Waals surface area contributed by atoms with Gasteiger partial charge in [0.1, 0.15) is 0 Å². The van der Waals surface area contributed by atoms with Crippen LogP contribution in [-0.2, 0) is 27.3 Å². The number of carboxylic acid groups (broad SMARTS) is 3. The average Bonchev–Trinajstić information content (AvgIpc) is 2.16. The van der Waals surface area contributed by atoms with E-state index in [4.69, 9.17) is 15.3 Å². The van der Waals surface area contributed by atoms with Gasteiger partial charge in [-0.1, -0.05) is 6.07 Å². The first-order chi connectivity index (χ1) is 6.95. The molecule has 3 N–H and O–H groups in total. The van der Waals surface area contributed by atoms with E-state index in [2.05, 4.69) is 0 Å². The molecule has 0 atom stereocenters. The normalized spacial score (nSPS) is 9.00. The minimum Gasteiger partial charge on any atom is -0.478 e. The largest absolute Gasteiger partial charge is 0.478 e. The number of hydrogen-bond acceptors (Lipinski definition) is 3. The quantitative estimate of drug-likeness (QED) is 0.709. The average molecular weight is 323 g/mol. The third-order valence-corrected chi connectivity index (χ3v) is 1.74. The molecule has 0 heterocycles. The summed E-state index contributed by atoms with van der Waals surface area (Å²) in [5.74, 6) is -4.53. The van der Waals surface area contributed by atoms with Crippen molar-refractivity contribution in [1.82, 2.24) is 0 Å². The van der Waals surface area contributed by atoms with Gasteiger partial charge in [0.15, 0.2) is 0 Å². The molecule has 0 aliphatic rings.